The molecule has 0 bridgehead atoms. The molecule has 8 heteroatoms. The number of benzene rings is 2. The molecule has 1 atom stereocenters. The van der Waals surface area contributed by atoms with E-state index in [2.05, 4.69) is 5.32 Å². The Morgan fingerprint density at radius 1 is 1.04 bits per heavy atom. The molecule has 0 saturated carbocycles. The summed E-state index contributed by atoms with van der Waals surface area (Å²) in [5, 5.41) is 11.6. The third-order valence-electron chi connectivity index (χ3n) is 4.09. The number of para-hydroxylation sites is 1. The summed E-state index contributed by atoms with van der Waals surface area (Å²) < 4.78 is 26.8. The van der Waals surface area contributed by atoms with Gasteiger partial charge >= 0.3 is 5.97 Å². The van der Waals surface area contributed by atoms with Crippen LogP contribution in [0.5, 0.6) is 0 Å². The summed E-state index contributed by atoms with van der Waals surface area (Å²) in [7, 11) is -2.44. The molecule has 0 aliphatic rings. The Hall–Kier alpha value is -2.87. The predicted octanol–water partition coefficient (Wildman–Crippen LogP) is 2.35. The molecule has 2 rings (SSSR count). The number of nitrogens with one attached hydrogen (secondary N) is 1. The number of carboxylic acid groups (broad SMARTS) is 1. The molecule has 0 spiro atoms. The summed E-state index contributed by atoms with van der Waals surface area (Å²) >= 11 is 0. The van der Waals surface area contributed by atoms with Gasteiger partial charge in [0.05, 0.1) is 10.6 Å². The van der Waals surface area contributed by atoms with Crippen molar-refractivity contribution in [2.45, 2.75) is 24.8 Å². The van der Waals surface area contributed by atoms with Crippen LogP contribution in [0.2, 0.25) is 0 Å². The monoisotopic (exact) mass is 390 g/mol. The number of aliphatic carboxylic acids is 1. The lowest BCUT2D eigenvalue weighted by molar-refractivity contribution is -0.140. The second-order valence-corrected chi connectivity index (χ2v) is 8.34. The molecule has 0 saturated heterocycles. The number of amides is 1. The zero-order valence-corrected chi connectivity index (χ0v) is 16.1. The first-order valence-corrected chi connectivity index (χ1v) is 9.76. The first kappa shape index (κ1) is 20.4. The molecule has 0 unspecified atom stereocenters. The van der Waals surface area contributed by atoms with Gasteiger partial charge in [0.15, 0.2) is 0 Å². The van der Waals surface area contributed by atoms with Gasteiger partial charge in [0.25, 0.3) is 15.9 Å². The second kappa shape index (κ2) is 8.22. The van der Waals surface area contributed by atoms with Gasteiger partial charge in [0.1, 0.15) is 6.04 Å². The molecule has 7 nitrogen and oxygen atoms in total. The Morgan fingerprint density at radius 3 is 2.22 bits per heavy atom. The fourth-order valence-corrected chi connectivity index (χ4v) is 3.71. The highest BCUT2D eigenvalue weighted by Crippen LogP contribution is 2.22. The van der Waals surface area contributed by atoms with E-state index >= 15 is 0 Å². The largest absolute Gasteiger partial charge is 0.480 e. The fraction of sp³-hybridized carbons (Fsp3) is 0.263. The summed E-state index contributed by atoms with van der Waals surface area (Å²) in [6, 6.07) is 13.0. The summed E-state index contributed by atoms with van der Waals surface area (Å²) in [6.07, 6.45) is 0. The molecule has 1 amide bonds. The van der Waals surface area contributed by atoms with Crippen molar-refractivity contribution in [2.75, 3.05) is 11.4 Å². The number of sulfonamides is 1. The summed E-state index contributed by atoms with van der Waals surface area (Å²) in [5.41, 5.74) is 0.558. The molecule has 0 aliphatic heterocycles. The lowest BCUT2D eigenvalue weighted by atomic mass is 10.0. The molecule has 0 heterocycles. The SMILES string of the molecule is CC(C)[C@H](NC(=O)c1cccc(S(=O)(=O)N(C)c2ccccc2)c1)C(=O)O. The van der Waals surface area contributed by atoms with Gasteiger partial charge in [-0.05, 0) is 36.2 Å². The average molecular weight is 390 g/mol. The van der Waals surface area contributed by atoms with Gasteiger partial charge in [0, 0.05) is 12.6 Å². The fourth-order valence-electron chi connectivity index (χ4n) is 2.47. The van der Waals surface area contributed by atoms with E-state index in [1.54, 1.807) is 44.2 Å². The topological polar surface area (TPSA) is 104 Å². The van der Waals surface area contributed by atoms with Crippen LogP contribution in [0.3, 0.4) is 0 Å². The predicted molar refractivity (Wildman–Crippen MR) is 102 cm³/mol. The molecule has 2 aromatic rings. The Balaban J connectivity index is 2.31. The van der Waals surface area contributed by atoms with Gasteiger partial charge in [-0.1, -0.05) is 38.1 Å². The van der Waals surface area contributed by atoms with Crippen LogP contribution in [-0.2, 0) is 14.8 Å². The van der Waals surface area contributed by atoms with Crippen molar-refractivity contribution < 1.29 is 23.1 Å². The Bertz CT molecular complexity index is 926. The number of carboxylic acids is 1. The first-order chi connectivity index (χ1) is 12.6. The highest BCUT2D eigenvalue weighted by atomic mass is 32.2. The van der Waals surface area contributed by atoms with E-state index < -0.39 is 27.9 Å². The molecular weight excluding hydrogens is 368 g/mol. The molecule has 2 N–H and O–H groups in total. The first-order valence-electron chi connectivity index (χ1n) is 8.32. The number of nitrogens with zero attached hydrogens (tertiary/aromatic N) is 1. The highest BCUT2D eigenvalue weighted by molar-refractivity contribution is 7.92. The van der Waals surface area contributed by atoms with E-state index in [0.717, 1.165) is 4.31 Å². The van der Waals surface area contributed by atoms with Crippen molar-refractivity contribution >= 4 is 27.6 Å². The highest BCUT2D eigenvalue weighted by Gasteiger charge is 2.26. The van der Waals surface area contributed by atoms with Crippen LogP contribution in [0.1, 0.15) is 24.2 Å². The van der Waals surface area contributed by atoms with Crippen LogP contribution in [-0.4, -0.2) is 38.5 Å². The number of carbonyl (C=O) groups excluding carboxylic acids is 1. The van der Waals surface area contributed by atoms with Gasteiger partial charge in [-0.3, -0.25) is 9.10 Å². The summed E-state index contributed by atoms with van der Waals surface area (Å²) in [6.45, 7) is 3.35. The second-order valence-electron chi connectivity index (χ2n) is 6.37. The van der Waals surface area contributed by atoms with Gasteiger partial charge in [0.2, 0.25) is 0 Å². The number of hydrogen-bond donors (Lipinski definition) is 2. The van der Waals surface area contributed by atoms with Gasteiger partial charge in [-0.2, -0.15) is 0 Å². The van der Waals surface area contributed by atoms with Crippen molar-refractivity contribution in [3.8, 4) is 0 Å². The molecule has 144 valence electrons. The standard InChI is InChI=1S/C19H22N2O5S/c1-13(2)17(19(23)24)20-18(22)14-8-7-11-16(12-14)27(25,26)21(3)15-9-5-4-6-10-15/h4-13,17H,1-3H3,(H,20,22)(H,23,24)/t17-/m0/s1. The van der Waals surface area contributed by atoms with Gasteiger partial charge < -0.3 is 10.4 Å². The molecule has 2 aromatic carbocycles. The van der Waals surface area contributed by atoms with E-state index in [9.17, 15) is 23.1 Å². The minimum atomic E-state index is -3.87. The quantitative estimate of drug-likeness (QED) is 0.755. The van der Waals surface area contributed by atoms with Crippen molar-refractivity contribution in [3.63, 3.8) is 0 Å². The zero-order valence-electron chi connectivity index (χ0n) is 15.3. The maximum absolute atomic E-state index is 12.8. The van der Waals surface area contributed by atoms with Gasteiger partial charge in [-0.25, -0.2) is 13.2 Å². The molecule has 0 aromatic heterocycles. The van der Waals surface area contributed by atoms with E-state index in [0.29, 0.717) is 5.69 Å². The third-order valence-corrected chi connectivity index (χ3v) is 5.88. The van der Waals surface area contributed by atoms with Crippen molar-refractivity contribution in [3.05, 3.63) is 60.2 Å². The number of anilines is 1. The normalized spacial score (nSPS) is 12.4. The van der Waals surface area contributed by atoms with Crippen LogP contribution in [0, 0.1) is 5.92 Å². The van der Waals surface area contributed by atoms with E-state index in [1.807, 2.05) is 0 Å². The maximum Gasteiger partial charge on any atom is 0.326 e. The van der Waals surface area contributed by atoms with E-state index in [1.165, 1.54) is 31.3 Å². The molecule has 0 radical (unpaired) electrons. The van der Waals surface area contributed by atoms with Gasteiger partial charge in [-0.15, -0.1) is 0 Å². The summed E-state index contributed by atoms with van der Waals surface area (Å²) in [5.74, 6) is -2.11. The maximum atomic E-state index is 12.8. The van der Waals surface area contributed by atoms with Crippen LogP contribution < -0.4 is 9.62 Å². The average Bonchev–Trinajstić information content (AvgIpc) is 2.65. The zero-order chi connectivity index (χ0) is 20.2. The molecular formula is C19H22N2O5S. The minimum Gasteiger partial charge on any atom is -0.480 e. The Kier molecular flexibility index (Phi) is 6.22. The Morgan fingerprint density at radius 2 is 1.67 bits per heavy atom. The number of hydrogen-bond acceptors (Lipinski definition) is 4. The molecule has 0 aliphatic carbocycles. The smallest absolute Gasteiger partial charge is 0.326 e. The lowest BCUT2D eigenvalue weighted by Crippen LogP contribution is -2.44. The van der Waals surface area contributed by atoms with Crippen molar-refractivity contribution in [2.24, 2.45) is 5.92 Å². The lowest BCUT2D eigenvalue weighted by Gasteiger charge is -2.20. The van der Waals surface area contributed by atoms with Crippen LogP contribution >= 0.6 is 0 Å². The minimum absolute atomic E-state index is 0.0575. The molecule has 27 heavy (non-hydrogen) atoms. The van der Waals surface area contributed by atoms with E-state index in [-0.39, 0.29) is 16.4 Å². The van der Waals surface area contributed by atoms with Crippen LogP contribution in [0.25, 0.3) is 0 Å². The third kappa shape index (κ3) is 4.65. The van der Waals surface area contributed by atoms with Crippen LogP contribution in [0.15, 0.2) is 59.5 Å². The number of carbonyl (C=O) groups is 2. The molecule has 0 fully saturated rings. The van der Waals surface area contributed by atoms with Crippen molar-refractivity contribution in [1.29, 1.82) is 0 Å². The summed E-state index contributed by atoms with van der Waals surface area (Å²) in [4.78, 5) is 23.6. The Labute approximate surface area is 158 Å². The van der Waals surface area contributed by atoms with Crippen LogP contribution in [0.4, 0.5) is 5.69 Å². The van der Waals surface area contributed by atoms with Crippen molar-refractivity contribution in [1.82, 2.24) is 5.32 Å². The number of rotatable bonds is 7. The van der Waals surface area contributed by atoms with E-state index in [4.69, 9.17) is 0 Å².